The molecule has 0 heterocycles. The van der Waals surface area contributed by atoms with Gasteiger partial charge in [-0.1, -0.05) is 6.08 Å². The van der Waals surface area contributed by atoms with Crippen molar-refractivity contribution in [3.63, 3.8) is 0 Å². The molecule has 0 unspecified atom stereocenters. The molecule has 0 saturated carbocycles. The second-order valence-corrected chi connectivity index (χ2v) is 7.12. The van der Waals surface area contributed by atoms with Gasteiger partial charge in [0, 0.05) is 17.1 Å². The van der Waals surface area contributed by atoms with E-state index in [1.165, 1.54) is 28.6 Å². The van der Waals surface area contributed by atoms with Gasteiger partial charge >= 0.3 is 5.97 Å². The number of carboxylic acids is 1. The van der Waals surface area contributed by atoms with Crippen LogP contribution < -0.4 is 0 Å². The van der Waals surface area contributed by atoms with Crippen LogP contribution in [0.1, 0.15) is 24.2 Å². The molecule has 5 nitrogen and oxygen atoms in total. The largest absolute Gasteiger partial charge is 0.478 e. The first kappa shape index (κ1) is 16.9. The van der Waals surface area contributed by atoms with E-state index in [-0.39, 0.29) is 27.5 Å². The first-order chi connectivity index (χ1) is 9.21. The van der Waals surface area contributed by atoms with Gasteiger partial charge in [-0.15, -0.1) is 6.58 Å². The first-order valence-electron chi connectivity index (χ1n) is 5.87. The monoisotopic (exact) mass is 361 g/mol. The zero-order valence-corrected chi connectivity index (χ0v) is 13.6. The highest BCUT2D eigenvalue weighted by Crippen LogP contribution is 2.27. The molecule has 0 aliphatic rings. The van der Waals surface area contributed by atoms with Gasteiger partial charge in [-0.3, -0.25) is 0 Å². The molecule has 0 amide bonds. The van der Waals surface area contributed by atoms with Crippen LogP contribution in [0.5, 0.6) is 0 Å². The van der Waals surface area contributed by atoms with Gasteiger partial charge in [-0.05, 0) is 48.0 Å². The molecule has 1 aromatic carbocycles. The Bertz CT molecular complexity index is 625. The molecular formula is C13H16BrNO4S. The maximum atomic E-state index is 12.6. The molecule has 1 N–H and O–H groups in total. The zero-order valence-electron chi connectivity index (χ0n) is 11.2. The van der Waals surface area contributed by atoms with Crippen molar-refractivity contribution in [2.45, 2.75) is 24.8 Å². The SMILES string of the molecule is C=CCN(C(C)C)S(=O)(=O)c1ccc(C(=O)O)cc1Br. The summed E-state index contributed by atoms with van der Waals surface area (Å²) in [5.41, 5.74) is 0.0237. The number of carboxylic acid groups (broad SMARTS) is 1. The topological polar surface area (TPSA) is 74.7 Å². The minimum Gasteiger partial charge on any atom is -0.478 e. The van der Waals surface area contributed by atoms with Crippen LogP contribution in [0, 0.1) is 0 Å². The molecule has 110 valence electrons. The quantitative estimate of drug-likeness (QED) is 0.790. The van der Waals surface area contributed by atoms with E-state index >= 15 is 0 Å². The van der Waals surface area contributed by atoms with Crippen molar-refractivity contribution in [3.8, 4) is 0 Å². The third-order valence-corrected chi connectivity index (χ3v) is 5.67. The number of halogens is 1. The van der Waals surface area contributed by atoms with Crippen LogP contribution in [-0.2, 0) is 10.0 Å². The summed E-state index contributed by atoms with van der Waals surface area (Å²) in [6, 6.07) is 3.61. The molecular weight excluding hydrogens is 346 g/mol. The fourth-order valence-corrected chi connectivity index (χ4v) is 4.33. The van der Waals surface area contributed by atoms with Gasteiger partial charge in [0.25, 0.3) is 0 Å². The number of hydrogen-bond donors (Lipinski definition) is 1. The minimum atomic E-state index is -3.71. The normalized spacial score (nSPS) is 11.8. The molecule has 0 saturated heterocycles. The van der Waals surface area contributed by atoms with E-state index < -0.39 is 16.0 Å². The maximum absolute atomic E-state index is 12.6. The van der Waals surface area contributed by atoms with E-state index in [2.05, 4.69) is 22.5 Å². The van der Waals surface area contributed by atoms with Gasteiger partial charge in [0.15, 0.2) is 0 Å². The standard InChI is InChI=1S/C13H16BrNO4S/c1-4-7-15(9(2)3)20(18,19)12-6-5-10(13(16)17)8-11(12)14/h4-6,8-9H,1,7H2,2-3H3,(H,16,17). The smallest absolute Gasteiger partial charge is 0.335 e. The Labute approximate surface area is 127 Å². The molecule has 1 rings (SSSR count). The van der Waals surface area contributed by atoms with Crippen molar-refractivity contribution in [1.82, 2.24) is 4.31 Å². The summed E-state index contributed by atoms with van der Waals surface area (Å²) < 4.78 is 26.7. The third kappa shape index (κ3) is 3.47. The summed E-state index contributed by atoms with van der Waals surface area (Å²) >= 11 is 3.12. The fraction of sp³-hybridized carbons (Fsp3) is 0.308. The summed E-state index contributed by atoms with van der Waals surface area (Å²) in [6.07, 6.45) is 1.51. The lowest BCUT2D eigenvalue weighted by Crippen LogP contribution is -2.37. The molecule has 0 fully saturated rings. The van der Waals surface area contributed by atoms with E-state index in [0.29, 0.717) is 0 Å². The van der Waals surface area contributed by atoms with Gasteiger partial charge in [-0.25, -0.2) is 13.2 Å². The van der Waals surface area contributed by atoms with Crippen LogP contribution in [0.3, 0.4) is 0 Å². The van der Waals surface area contributed by atoms with E-state index in [9.17, 15) is 13.2 Å². The lowest BCUT2D eigenvalue weighted by Gasteiger charge is -2.25. The summed E-state index contributed by atoms with van der Waals surface area (Å²) in [6.45, 7) is 7.27. The van der Waals surface area contributed by atoms with E-state index in [1.54, 1.807) is 13.8 Å². The number of hydrogen-bond acceptors (Lipinski definition) is 3. The maximum Gasteiger partial charge on any atom is 0.335 e. The van der Waals surface area contributed by atoms with Gasteiger partial charge < -0.3 is 5.11 Å². The van der Waals surface area contributed by atoms with Crippen molar-refractivity contribution >= 4 is 31.9 Å². The number of benzene rings is 1. The fourth-order valence-electron chi connectivity index (χ4n) is 1.68. The molecule has 0 spiro atoms. The summed E-state index contributed by atoms with van der Waals surface area (Å²) in [7, 11) is -3.71. The lowest BCUT2D eigenvalue weighted by molar-refractivity contribution is 0.0696. The van der Waals surface area contributed by atoms with Crippen LogP contribution >= 0.6 is 15.9 Å². The Morgan fingerprint density at radius 2 is 2.10 bits per heavy atom. The van der Waals surface area contributed by atoms with Crippen LogP contribution in [0.4, 0.5) is 0 Å². The van der Waals surface area contributed by atoms with E-state index in [4.69, 9.17) is 5.11 Å². The number of rotatable bonds is 6. The molecule has 0 aliphatic carbocycles. The Morgan fingerprint density at radius 3 is 2.50 bits per heavy atom. The van der Waals surface area contributed by atoms with Crippen molar-refractivity contribution in [2.24, 2.45) is 0 Å². The average molecular weight is 362 g/mol. The molecule has 0 aromatic heterocycles. The van der Waals surface area contributed by atoms with Gasteiger partial charge in [0.1, 0.15) is 0 Å². The Kier molecular flexibility index (Phi) is 5.50. The number of carbonyl (C=O) groups is 1. The van der Waals surface area contributed by atoms with Gasteiger partial charge in [0.2, 0.25) is 10.0 Å². The average Bonchev–Trinajstić information content (AvgIpc) is 2.34. The summed E-state index contributed by atoms with van der Waals surface area (Å²) in [4.78, 5) is 10.9. The third-order valence-electron chi connectivity index (χ3n) is 2.65. The predicted octanol–water partition coefficient (Wildman–Crippen LogP) is 2.73. The molecule has 20 heavy (non-hydrogen) atoms. The highest BCUT2D eigenvalue weighted by Gasteiger charge is 2.28. The van der Waals surface area contributed by atoms with Crippen LogP contribution in [-0.4, -0.2) is 36.4 Å². The number of nitrogens with zero attached hydrogens (tertiary/aromatic N) is 1. The molecule has 1 aromatic rings. The molecule has 7 heteroatoms. The predicted molar refractivity (Wildman–Crippen MR) is 80.3 cm³/mol. The minimum absolute atomic E-state index is 0.0237. The Hall–Kier alpha value is -1.18. The van der Waals surface area contributed by atoms with Crippen molar-refractivity contribution in [3.05, 3.63) is 40.9 Å². The van der Waals surface area contributed by atoms with Crippen LogP contribution in [0.25, 0.3) is 0 Å². The van der Waals surface area contributed by atoms with Gasteiger partial charge in [-0.2, -0.15) is 4.31 Å². The number of aromatic carboxylic acids is 1. The van der Waals surface area contributed by atoms with Gasteiger partial charge in [0.05, 0.1) is 10.5 Å². The van der Waals surface area contributed by atoms with Crippen molar-refractivity contribution in [2.75, 3.05) is 6.54 Å². The molecule has 0 atom stereocenters. The Balaban J connectivity index is 3.34. The van der Waals surface area contributed by atoms with Crippen LogP contribution in [0.2, 0.25) is 0 Å². The zero-order chi connectivity index (χ0) is 15.5. The Morgan fingerprint density at radius 1 is 1.50 bits per heavy atom. The summed E-state index contributed by atoms with van der Waals surface area (Å²) in [5, 5.41) is 8.89. The van der Waals surface area contributed by atoms with E-state index in [1.807, 2.05) is 0 Å². The van der Waals surface area contributed by atoms with E-state index in [0.717, 1.165) is 0 Å². The molecule has 0 bridgehead atoms. The van der Waals surface area contributed by atoms with Crippen LogP contribution in [0.15, 0.2) is 40.2 Å². The highest BCUT2D eigenvalue weighted by atomic mass is 79.9. The molecule has 0 radical (unpaired) electrons. The first-order valence-corrected chi connectivity index (χ1v) is 8.10. The van der Waals surface area contributed by atoms with Crippen molar-refractivity contribution < 1.29 is 18.3 Å². The number of sulfonamides is 1. The highest BCUT2D eigenvalue weighted by molar-refractivity contribution is 9.10. The van der Waals surface area contributed by atoms with Crippen molar-refractivity contribution in [1.29, 1.82) is 0 Å². The summed E-state index contributed by atoms with van der Waals surface area (Å²) in [5.74, 6) is -1.11. The second kappa shape index (κ2) is 6.51. The lowest BCUT2D eigenvalue weighted by atomic mass is 10.2. The molecule has 0 aliphatic heterocycles. The second-order valence-electron chi connectivity index (χ2n) is 4.41.